The van der Waals surface area contributed by atoms with E-state index in [0.717, 1.165) is 0 Å². The van der Waals surface area contributed by atoms with Crippen LogP contribution in [0.4, 0.5) is 0 Å². The van der Waals surface area contributed by atoms with Crippen LogP contribution in [0.1, 0.15) is 29.8 Å². The molecule has 0 saturated heterocycles. The molecule has 150 valence electrons. The molecule has 6 nitrogen and oxygen atoms in total. The number of rotatable bonds is 8. The molecular formula is C22H22ClN3O3. The smallest absolute Gasteiger partial charge is 0.262 e. The third kappa shape index (κ3) is 6.66. The molecule has 2 amide bonds. The third-order valence-electron chi connectivity index (χ3n) is 3.95. The summed E-state index contributed by atoms with van der Waals surface area (Å²) in [5, 5.41) is 7.23. The molecule has 0 bridgehead atoms. The van der Waals surface area contributed by atoms with Gasteiger partial charge in [-0.05, 0) is 42.3 Å². The van der Waals surface area contributed by atoms with Crippen LogP contribution in [0, 0.1) is 18.3 Å². The molecular weight excluding hydrogens is 390 g/mol. The summed E-state index contributed by atoms with van der Waals surface area (Å²) in [4.78, 5) is 24.9. The van der Waals surface area contributed by atoms with Gasteiger partial charge in [0.2, 0.25) is 0 Å². The highest BCUT2D eigenvalue weighted by atomic mass is 35.5. The Kier molecular flexibility index (Phi) is 8.26. The Morgan fingerprint density at radius 1 is 1.21 bits per heavy atom. The zero-order chi connectivity index (χ0) is 21.2. The van der Waals surface area contributed by atoms with E-state index in [1.54, 1.807) is 36.4 Å². The van der Waals surface area contributed by atoms with Gasteiger partial charge >= 0.3 is 0 Å². The van der Waals surface area contributed by atoms with Crippen molar-refractivity contribution in [3.05, 3.63) is 64.7 Å². The van der Waals surface area contributed by atoms with Crippen LogP contribution in [0.25, 0.3) is 0 Å². The molecule has 29 heavy (non-hydrogen) atoms. The molecule has 0 spiro atoms. The first-order valence-electron chi connectivity index (χ1n) is 8.97. The summed E-state index contributed by atoms with van der Waals surface area (Å²) in [5.74, 6) is 2.01. The standard InChI is InChI=1S/C22H22ClN3O3/c1-4-13-29-19-8-6-5-7-17(19)14-24-26-22(28)20(15(2)3)25-21(27)16-9-11-18(23)12-10-16/h1,5-12,14-15,20H,13H2,2-3H3,(H,25,27)(H,26,28). The number of nitrogens with one attached hydrogen (secondary N) is 2. The minimum atomic E-state index is -0.761. The summed E-state index contributed by atoms with van der Waals surface area (Å²) < 4.78 is 5.43. The number of terminal acetylenes is 1. The molecule has 0 radical (unpaired) electrons. The number of hydrogen-bond acceptors (Lipinski definition) is 4. The lowest BCUT2D eigenvalue weighted by molar-refractivity contribution is -0.123. The van der Waals surface area contributed by atoms with Gasteiger partial charge in [-0.25, -0.2) is 5.43 Å². The molecule has 1 unspecified atom stereocenters. The van der Waals surface area contributed by atoms with Crippen LogP contribution in [0.15, 0.2) is 53.6 Å². The molecule has 1 atom stereocenters. The van der Waals surface area contributed by atoms with E-state index >= 15 is 0 Å². The predicted octanol–water partition coefficient (Wildman–Crippen LogP) is 3.26. The van der Waals surface area contributed by atoms with Crippen molar-refractivity contribution in [2.45, 2.75) is 19.9 Å². The second-order valence-corrected chi connectivity index (χ2v) is 6.90. The van der Waals surface area contributed by atoms with Gasteiger partial charge in [0.05, 0.1) is 6.21 Å². The van der Waals surface area contributed by atoms with Crippen LogP contribution in [0.2, 0.25) is 5.02 Å². The van der Waals surface area contributed by atoms with Gasteiger partial charge in [0.25, 0.3) is 11.8 Å². The van der Waals surface area contributed by atoms with Crippen molar-refractivity contribution in [3.8, 4) is 18.1 Å². The molecule has 0 aromatic heterocycles. The maximum atomic E-state index is 12.5. The first-order chi connectivity index (χ1) is 13.9. The SMILES string of the molecule is C#CCOc1ccccc1C=NNC(=O)C(NC(=O)c1ccc(Cl)cc1)C(C)C. The number of nitrogens with zero attached hydrogens (tertiary/aromatic N) is 1. The van der Waals surface area contributed by atoms with Crippen LogP contribution in [0.5, 0.6) is 5.75 Å². The molecule has 0 aliphatic carbocycles. The number of para-hydroxylation sites is 1. The fourth-order valence-corrected chi connectivity index (χ4v) is 2.56. The van der Waals surface area contributed by atoms with Crippen LogP contribution >= 0.6 is 11.6 Å². The summed E-state index contributed by atoms with van der Waals surface area (Å²) in [6.45, 7) is 3.79. The van der Waals surface area contributed by atoms with Crippen molar-refractivity contribution in [1.29, 1.82) is 0 Å². The van der Waals surface area contributed by atoms with Crippen LogP contribution in [-0.4, -0.2) is 30.7 Å². The molecule has 2 N–H and O–H groups in total. The molecule has 2 aromatic carbocycles. The molecule has 0 fully saturated rings. The fraction of sp³-hybridized carbons (Fsp3) is 0.227. The van der Waals surface area contributed by atoms with Crippen molar-refractivity contribution in [3.63, 3.8) is 0 Å². The Hall–Kier alpha value is -3.30. The summed E-state index contributed by atoms with van der Waals surface area (Å²) in [6.07, 6.45) is 6.67. The Bertz CT molecular complexity index is 918. The first-order valence-corrected chi connectivity index (χ1v) is 9.34. The normalized spacial score (nSPS) is 11.7. The number of benzene rings is 2. The van der Waals surface area contributed by atoms with Gasteiger partial charge in [0.15, 0.2) is 0 Å². The van der Waals surface area contributed by atoms with E-state index in [-0.39, 0.29) is 18.4 Å². The van der Waals surface area contributed by atoms with Crippen molar-refractivity contribution < 1.29 is 14.3 Å². The Morgan fingerprint density at radius 3 is 2.55 bits per heavy atom. The Labute approximate surface area is 175 Å². The minimum absolute atomic E-state index is 0.128. The Balaban J connectivity index is 2.03. The van der Waals surface area contributed by atoms with E-state index in [2.05, 4.69) is 21.8 Å². The highest BCUT2D eigenvalue weighted by Crippen LogP contribution is 2.15. The maximum absolute atomic E-state index is 12.5. The minimum Gasteiger partial charge on any atom is -0.480 e. The maximum Gasteiger partial charge on any atom is 0.262 e. The lowest BCUT2D eigenvalue weighted by Crippen LogP contribution is -2.48. The van der Waals surface area contributed by atoms with Gasteiger partial charge in [0, 0.05) is 16.1 Å². The number of hydrogen-bond donors (Lipinski definition) is 2. The summed E-state index contributed by atoms with van der Waals surface area (Å²) in [7, 11) is 0. The van der Waals surface area contributed by atoms with Gasteiger partial charge in [-0.1, -0.05) is 43.5 Å². The molecule has 2 aromatic rings. The van der Waals surface area contributed by atoms with Gasteiger partial charge in [0.1, 0.15) is 18.4 Å². The lowest BCUT2D eigenvalue weighted by atomic mass is 10.0. The topological polar surface area (TPSA) is 79.8 Å². The quantitative estimate of drug-likeness (QED) is 0.397. The molecule has 7 heteroatoms. The number of amides is 2. The highest BCUT2D eigenvalue weighted by molar-refractivity contribution is 6.30. The predicted molar refractivity (Wildman–Crippen MR) is 114 cm³/mol. The van der Waals surface area contributed by atoms with Crippen molar-refractivity contribution in [2.24, 2.45) is 11.0 Å². The van der Waals surface area contributed by atoms with Gasteiger partial charge in [-0.3, -0.25) is 9.59 Å². The van der Waals surface area contributed by atoms with Crippen LogP contribution < -0.4 is 15.5 Å². The van der Waals surface area contributed by atoms with E-state index in [1.165, 1.54) is 6.21 Å². The van der Waals surface area contributed by atoms with Crippen LogP contribution in [0.3, 0.4) is 0 Å². The second-order valence-electron chi connectivity index (χ2n) is 6.47. The van der Waals surface area contributed by atoms with E-state index < -0.39 is 11.9 Å². The monoisotopic (exact) mass is 411 g/mol. The fourth-order valence-electron chi connectivity index (χ4n) is 2.43. The number of ether oxygens (including phenoxy) is 1. The summed E-state index contributed by atoms with van der Waals surface area (Å²) >= 11 is 5.84. The van der Waals surface area contributed by atoms with Crippen molar-refractivity contribution in [2.75, 3.05) is 6.61 Å². The summed E-state index contributed by atoms with van der Waals surface area (Å²) in [6, 6.07) is 12.8. The van der Waals surface area contributed by atoms with Gasteiger partial charge in [-0.15, -0.1) is 6.42 Å². The largest absolute Gasteiger partial charge is 0.480 e. The Morgan fingerprint density at radius 2 is 1.90 bits per heavy atom. The van der Waals surface area contributed by atoms with E-state index in [0.29, 0.717) is 21.9 Å². The number of halogens is 1. The second kappa shape index (κ2) is 10.9. The summed E-state index contributed by atoms with van der Waals surface area (Å²) in [5.41, 5.74) is 3.53. The third-order valence-corrected chi connectivity index (χ3v) is 4.20. The highest BCUT2D eigenvalue weighted by Gasteiger charge is 2.24. The molecule has 0 heterocycles. The molecule has 2 rings (SSSR count). The lowest BCUT2D eigenvalue weighted by Gasteiger charge is -2.20. The van der Waals surface area contributed by atoms with Crippen LogP contribution in [-0.2, 0) is 4.79 Å². The molecule has 0 aliphatic rings. The zero-order valence-electron chi connectivity index (χ0n) is 16.2. The van der Waals surface area contributed by atoms with E-state index in [9.17, 15) is 9.59 Å². The van der Waals surface area contributed by atoms with E-state index in [1.807, 2.05) is 26.0 Å². The first kappa shape index (κ1) is 22.0. The zero-order valence-corrected chi connectivity index (χ0v) is 16.9. The van der Waals surface area contributed by atoms with Crippen molar-refractivity contribution in [1.82, 2.24) is 10.7 Å². The average Bonchev–Trinajstić information content (AvgIpc) is 2.71. The van der Waals surface area contributed by atoms with Gasteiger partial charge in [-0.2, -0.15) is 5.10 Å². The number of carbonyl (C=O) groups is 2. The molecule has 0 aliphatic heterocycles. The van der Waals surface area contributed by atoms with E-state index in [4.69, 9.17) is 22.8 Å². The average molecular weight is 412 g/mol. The van der Waals surface area contributed by atoms with Crippen molar-refractivity contribution >= 4 is 29.6 Å². The van der Waals surface area contributed by atoms with Gasteiger partial charge < -0.3 is 10.1 Å². The number of hydrazone groups is 1. The molecule has 0 saturated carbocycles. The number of carbonyl (C=O) groups excluding carboxylic acids is 2.